The summed E-state index contributed by atoms with van der Waals surface area (Å²) in [5.41, 5.74) is 6.09. The maximum Gasteiger partial charge on any atom is 0.338 e. The van der Waals surface area contributed by atoms with Crippen molar-refractivity contribution >= 4 is 17.3 Å². The van der Waals surface area contributed by atoms with Crippen LogP contribution in [0.2, 0.25) is 0 Å². The number of hydrogen-bond donors (Lipinski definition) is 3. The zero-order valence-electron chi connectivity index (χ0n) is 11.5. The van der Waals surface area contributed by atoms with Crippen molar-refractivity contribution in [3.05, 3.63) is 23.5 Å². The summed E-state index contributed by atoms with van der Waals surface area (Å²) in [6, 6.07) is 2.32. The highest BCUT2D eigenvalue weighted by Gasteiger charge is 2.18. The van der Waals surface area contributed by atoms with Crippen LogP contribution in [0, 0.1) is 11.7 Å². The number of nitrogens with zero attached hydrogens (tertiary/aromatic N) is 1. The van der Waals surface area contributed by atoms with Crippen molar-refractivity contribution in [3.63, 3.8) is 0 Å². The molecule has 1 unspecified atom stereocenters. The van der Waals surface area contributed by atoms with Crippen molar-refractivity contribution in [2.75, 3.05) is 37.7 Å². The minimum Gasteiger partial charge on any atom is -0.478 e. The van der Waals surface area contributed by atoms with Crippen molar-refractivity contribution in [1.82, 2.24) is 4.90 Å². The van der Waals surface area contributed by atoms with Crippen LogP contribution in [0.25, 0.3) is 0 Å². The number of nitrogens with two attached hydrogens (primary N) is 1. The molecule has 0 radical (unpaired) electrons. The Morgan fingerprint density at radius 3 is 3.00 bits per heavy atom. The molecule has 1 saturated heterocycles. The lowest BCUT2D eigenvalue weighted by Crippen LogP contribution is -2.35. The Labute approximate surface area is 117 Å². The van der Waals surface area contributed by atoms with Crippen molar-refractivity contribution in [3.8, 4) is 0 Å². The molecule has 6 heteroatoms. The molecule has 1 heterocycles. The Balaban J connectivity index is 2.02. The number of nitrogen functional groups attached to an aromatic ring is 1. The highest BCUT2D eigenvalue weighted by molar-refractivity contribution is 5.90. The summed E-state index contributed by atoms with van der Waals surface area (Å²) in [6.07, 6.45) is 2.29. The van der Waals surface area contributed by atoms with Gasteiger partial charge in [-0.1, -0.05) is 0 Å². The van der Waals surface area contributed by atoms with Crippen LogP contribution in [-0.2, 0) is 0 Å². The summed E-state index contributed by atoms with van der Waals surface area (Å²) in [5.74, 6) is -1.58. The van der Waals surface area contributed by atoms with Gasteiger partial charge >= 0.3 is 5.97 Å². The maximum absolute atomic E-state index is 13.6. The van der Waals surface area contributed by atoms with Crippen molar-refractivity contribution in [2.45, 2.75) is 12.8 Å². The molecule has 0 aromatic heterocycles. The molecule has 5 nitrogen and oxygen atoms in total. The Kier molecular flexibility index (Phi) is 4.44. The van der Waals surface area contributed by atoms with Gasteiger partial charge in [-0.05, 0) is 44.5 Å². The van der Waals surface area contributed by atoms with Gasteiger partial charge in [0.05, 0.1) is 16.9 Å². The number of carboxylic acid groups (broad SMARTS) is 1. The molecule has 0 aliphatic carbocycles. The SMILES string of the molecule is CN1CCCC(CNc2cc(F)c(C(=O)O)cc2N)C1. The summed E-state index contributed by atoms with van der Waals surface area (Å²) >= 11 is 0. The molecule has 1 aromatic carbocycles. The van der Waals surface area contributed by atoms with Crippen LogP contribution in [0.15, 0.2) is 12.1 Å². The van der Waals surface area contributed by atoms with Crippen LogP contribution < -0.4 is 11.1 Å². The van der Waals surface area contributed by atoms with Gasteiger partial charge in [0.25, 0.3) is 0 Å². The normalized spacial score (nSPS) is 19.8. The number of halogens is 1. The van der Waals surface area contributed by atoms with E-state index in [1.54, 1.807) is 0 Å². The predicted octanol–water partition coefficient (Wildman–Crippen LogP) is 1.86. The molecule has 4 N–H and O–H groups in total. The van der Waals surface area contributed by atoms with E-state index in [0.29, 0.717) is 18.2 Å². The topological polar surface area (TPSA) is 78.6 Å². The number of carboxylic acids is 1. The van der Waals surface area contributed by atoms with E-state index in [1.165, 1.54) is 0 Å². The van der Waals surface area contributed by atoms with E-state index < -0.39 is 17.3 Å². The lowest BCUT2D eigenvalue weighted by Gasteiger charge is -2.30. The van der Waals surface area contributed by atoms with E-state index in [4.69, 9.17) is 10.8 Å². The molecule has 1 fully saturated rings. The minimum absolute atomic E-state index is 0.257. The van der Waals surface area contributed by atoms with Gasteiger partial charge in [0.1, 0.15) is 5.82 Å². The largest absolute Gasteiger partial charge is 0.478 e. The predicted molar refractivity (Wildman–Crippen MR) is 76.5 cm³/mol. The van der Waals surface area contributed by atoms with Crippen molar-refractivity contribution in [2.24, 2.45) is 5.92 Å². The molecule has 0 spiro atoms. The highest BCUT2D eigenvalue weighted by atomic mass is 19.1. The van der Waals surface area contributed by atoms with Gasteiger partial charge in [-0.2, -0.15) is 0 Å². The van der Waals surface area contributed by atoms with E-state index in [2.05, 4.69) is 17.3 Å². The molecular formula is C14H20FN3O2. The van der Waals surface area contributed by atoms with Crippen LogP contribution >= 0.6 is 0 Å². The van der Waals surface area contributed by atoms with E-state index in [0.717, 1.165) is 38.1 Å². The average molecular weight is 281 g/mol. The van der Waals surface area contributed by atoms with Gasteiger partial charge in [-0.15, -0.1) is 0 Å². The third-order valence-electron chi connectivity index (χ3n) is 3.67. The molecule has 0 bridgehead atoms. The molecule has 20 heavy (non-hydrogen) atoms. The number of carbonyl (C=O) groups is 1. The molecule has 0 saturated carbocycles. The second-order valence-corrected chi connectivity index (χ2v) is 5.38. The fraction of sp³-hybridized carbons (Fsp3) is 0.500. The Morgan fingerprint density at radius 1 is 1.60 bits per heavy atom. The number of nitrogens with one attached hydrogen (secondary N) is 1. The lowest BCUT2D eigenvalue weighted by atomic mass is 9.98. The first-order chi connectivity index (χ1) is 9.47. The van der Waals surface area contributed by atoms with Crippen LogP contribution in [0.5, 0.6) is 0 Å². The van der Waals surface area contributed by atoms with Gasteiger partial charge in [0, 0.05) is 13.1 Å². The molecule has 1 atom stereocenters. The summed E-state index contributed by atoms with van der Waals surface area (Å²) in [6.45, 7) is 2.82. The molecule has 1 aromatic rings. The number of hydrogen-bond acceptors (Lipinski definition) is 4. The number of piperidine rings is 1. The van der Waals surface area contributed by atoms with Crippen LogP contribution in [-0.4, -0.2) is 42.7 Å². The second kappa shape index (κ2) is 6.09. The van der Waals surface area contributed by atoms with E-state index in [1.807, 2.05) is 0 Å². The van der Waals surface area contributed by atoms with Gasteiger partial charge < -0.3 is 21.1 Å². The van der Waals surface area contributed by atoms with Gasteiger partial charge in [-0.25, -0.2) is 9.18 Å². The summed E-state index contributed by atoms with van der Waals surface area (Å²) in [7, 11) is 2.09. The molecular weight excluding hydrogens is 261 g/mol. The Hall–Kier alpha value is -1.82. The minimum atomic E-state index is -1.31. The number of benzene rings is 1. The fourth-order valence-corrected chi connectivity index (χ4v) is 2.60. The van der Waals surface area contributed by atoms with E-state index in [-0.39, 0.29) is 5.69 Å². The number of likely N-dealkylation sites (tertiary alicyclic amines) is 1. The molecule has 110 valence electrons. The molecule has 1 aliphatic rings. The van der Waals surface area contributed by atoms with Gasteiger partial charge in [0.15, 0.2) is 0 Å². The summed E-state index contributed by atoms with van der Waals surface area (Å²) < 4.78 is 13.6. The molecule has 1 aliphatic heterocycles. The van der Waals surface area contributed by atoms with Crippen LogP contribution in [0.4, 0.5) is 15.8 Å². The zero-order valence-corrected chi connectivity index (χ0v) is 11.5. The van der Waals surface area contributed by atoms with E-state index >= 15 is 0 Å². The van der Waals surface area contributed by atoms with E-state index in [9.17, 15) is 9.18 Å². The lowest BCUT2D eigenvalue weighted by molar-refractivity contribution is 0.0692. The smallest absolute Gasteiger partial charge is 0.338 e. The fourth-order valence-electron chi connectivity index (χ4n) is 2.60. The third-order valence-corrected chi connectivity index (χ3v) is 3.67. The quantitative estimate of drug-likeness (QED) is 0.734. The molecule has 2 rings (SSSR count). The van der Waals surface area contributed by atoms with Crippen LogP contribution in [0.3, 0.4) is 0 Å². The number of aromatic carboxylic acids is 1. The third kappa shape index (κ3) is 3.39. The van der Waals surface area contributed by atoms with Crippen molar-refractivity contribution < 1.29 is 14.3 Å². The second-order valence-electron chi connectivity index (χ2n) is 5.38. The Bertz CT molecular complexity index is 507. The van der Waals surface area contributed by atoms with Crippen LogP contribution in [0.1, 0.15) is 23.2 Å². The zero-order chi connectivity index (χ0) is 14.7. The number of anilines is 2. The summed E-state index contributed by atoms with van der Waals surface area (Å²) in [5, 5.41) is 11.9. The van der Waals surface area contributed by atoms with Crippen molar-refractivity contribution in [1.29, 1.82) is 0 Å². The van der Waals surface area contributed by atoms with Gasteiger partial charge in [0.2, 0.25) is 0 Å². The number of rotatable bonds is 4. The summed E-state index contributed by atoms with van der Waals surface area (Å²) in [4.78, 5) is 13.1. The first-order valence-corrected chi connectivity index (χ1v) is 6.72. The first kappa shape index (κ1) is 14.6. The Morgan fingerprint density at radius 2 is 2.35 bits per heavy atom. The average Bonchev–Trinajstić information content (AvgIpc) is 2.39. The highest BCUT2D eigenvalue weighted by Crippen LogP contribution is 2.24. The van der Waals surface area contributed by atoms with Gasteiger partial charge in [-0.3, -0.25) is 0 Å². The maximum atomic E-state index is 13.6. The monoisotopic (exact) mass is 281 g/mol. The standard InChI is InChI=1S/C14H20FN3O2/c1-18-4-2-3-9(8-18)7-17-13-6-11(15)10(14(19)20)5-12(13)16/h5-6,9,17H,2-4,7-8,16H2,1H3,(H,19,20). The first-order valence-electron chi connectivity index (χ1n) is 6.72. The molecule has 0 amide bonds.